The van der Waals surface area contributed by atoms with E-state index in [-0.39, 0.29) is 12.5 Å². The summed E-state index contributed by atoms with van der Waals surface area (Å²) < 4.78 is 10.3. The number of halogens is 1. The summed E-state index contributed by atoms with van der Waals surface area (Å²) in [6, 6.07) is 12.2. The summed E-state index contributed by atoms with van der Waals surface area (Å²) in [7, 11) is 3.06. The van der Waals surface area contributed by atoms with Crippen LogP contribution in [0.3, 0.4) is 0 Å². The number of nitrogens with one attached hydrogen (secondary N) is 1. The Bertz CT molecular complexity index is 717. The maximum absolute atomic E-state index is 11.9. The van der Waals surface area contributed by atoms with Crippen LogP contribution in [0.4, 0.5) is 5.69 Å². The van der Waals surface area contributed by atoms with Crippen molar-refractivity contribution in [3.05, 3.63) is 53.1 Å². The van der Waals surface area contributed by atoms with Crippen molar-refractivity contribution in [3.63, 3.8) is 0 Å². The average Bonchev–Trinajstić information content (AvgIpc) is 2.60. The van der Waals surface area contributed by atoms with Crippen molar-refractivity contribution in [1.82, 2.24) is 0 Å². The number of rotatable bonds is 7. The maximum atomic E-state index is 11.9. The number of methoxy groups -OCH3 is 2. The molecule has 0 fully saturated rings. The predicted molar refractivity (Wildman–Crippen MR) is 93.2 cm³/mol. The van der Waals surface area contributed by atoms with Gasteiger partial charge in [0, 0.05) is 11.1 Å². The fourth-order valence-electron chi connectivity index (χ4n) is 1.84. The number of hydrogen-bond acceptors (Lipinski definition) is 5. The van der Waals surface area contributed by atoms with Gasteiger partial charge >= 0.3 is 0 Å². The van der Waals surface area contributed by atoms with Gasteiger partial charge in [0.05, 0.1) is 26.1 Å². The van der Waals surface area contributed by atoms with Crippen LogP contribution < -0.4 is 14.8 Å². The molecule has 24 heavy (non-hydrogen) atoms. The first kappa shape index (κ1) is 17.6. The third-order valence-corrected chi connectivity index (χ3v) is 3.27. The molecular formula is C17H17ClN2O4. The standard InChI is InChI=1S/C17H17ClN2O4/c1-22-14-7-8-16(23-2)15(9-14)20-17(21)11-24-19-10-12-3-5-13(18)6-4-12/h3-10H,11H2,1-2H3,(H,20,21)/b19-10-. The molecule has 1 N–H and O–H groups in total. The molecule has 0 aliphatic rings. The summed E-state index contributed by atoms with van der Waals surface area (Å²) in [6.45, 7) is -0.232. The quantitative estimate of drug-likeness (QED) is 0.615. The molecule has 0 aliphatic carbocycles. The molecule has 0 saturated heterocycles. The smallest absolute Gasteiger partial charge is 0.265 e. The Morgan fingerprint density at radius 2 is 1.92 bits per heavy atom. The fraction of sp³-hybridized carbons (Fsp3) is 0.176. The second kappa shape index (κ2) is 8.79. The van der Waals surface area contributed by atoms with Gasteiger partial charge in [-0.1, -0.05) is 28.9 Å². The largest absolute Gasteiger partial charge is 0.497 e. The van der Waals surface area contributed by atoms with Crippen LogP contribution in [0.2, 0.25) is 5.02 Å². The van der Waals surface area contributed by atoms with Gasteiger partial charge in [-0.3, -0.25) is 4.79 Å². The van der Waals surface area contributed by atoms with E-state index in [1.165, 1.54) is 13.3 Å². The zero-order valence-electron chi connectivity index (χ0n) is 13.3. The number of nitrogens with zero attached hydrogens (tertiary/aromatic N) is 1. The summed E-state index contributed by atoms with van der Waals surface area (Å²) >= 11 is 5.79. The zero-order chi connectivity index (χ0) is 17.4. The lowest BCUT2D eigenvalue weighted by Crippen LogP contribution is -2.17. The van der Waals surface area contributed by atoms with Crippen LogP contribution in [-0.4, -0.2) is 32.9 Å². The molecule has 7 heteroatoms. The van der Waals surface area contributed by atoms with Crippen molar-refractivity contribution in [1.29, 1.82) is 0 Å². The molecule has 2 aromatic rings. The lowest BCUT2D eigenvalue weighted by Gasteiger charge is -2.11. The summed E-state index contributed by atoms with van der Waals surface area (Å²) in [6.07, 6.45) is 1.50. The van der Waals surface area contributed by atoms with Crippen LogP contribution in [-0.2, 0) is 9.63 Å². The highest BCUT2D eigenvalue weighted by Crippen LogP contribution is 2.28. The van der Waals surface area contributed by atoms with Crippen molar-refractivity contribution in [3.8, 4) is 11.5 Å². The van der Waals surface area contributed by atoms with Crippen LogP contribution in [0.25, 0.3) is 0 Å². The molecule has 0 aromatic heterocycles. The van der Waals surface area contributed by atoms with Gasteiger partial charge in [0.15, 0.2) is 6.61 Å². The van der Waals surface area contributed by atoms with Gasteiger partial charge in [-0.15, -0.1) is 0 Å². The van der Waals surface area contributed by atoms with E-state index in [1.54, 1.807) is 49.6 Å². The fourth-order valence-corrected chi connectivity index (χ4v) is 1.97. The van der Waals surface area contributed by atoms with E-state index in [0.29, 0.717) is 22.2 Å². The van der Waals surface area contributed by atoms with E-state index in [9.17, 15) is 4.79 Å². The van der Waals surface area contributed by atoms with Crippen molar-refractivity contribution in [2.45, 2.75) is 0 Å². The number of hydrogen-bond donors (Lipinski definition) is 1. The van der Waals surface area contributed by atoms with Crippen LogP contribution >= 0.6 is 11.6 Å². The minimum atomic E-state index is -0.366. The van der Waals surface area contributed by atoms with Gasteiger partial charge in [0.2, 0.25) is 0 Å². The van der Waals surface area contributed by atoms with Crippen molar-refractivity contribution >= 4 is 29.4 Å². The summed E-state index contributed by atoms with van der Waals surface area (Å²) in [5, 5.41) is 7.06. The molecule has 1 amide bonds. The topological polar surface area (TPSA) is 69.2 Å². The second-order valence-electron chi connectivity index (χ2n) is 4.67. The highest BCUT2D eigenvalue weighted by atomic mass is 35.5. The third kappa shape index (κ3) is 5.17. The number of carbonyl (C=O) groups excluding carboxylic acids is 1. The molecule has 2 aromatic carbocycles. The molecule has 0 aliphatic heterocycles. The summed E-state index contributed by atoms with van der Waals surface area (Å²) in [5.41, 5.74) is 1.31. The molecule has 0 unspecified atom stereocenters. The maximum Gasteiger partial charge on any atom is 0.265 e. The number of carbonyl (C=O) groups is 1. The summed E-state index contributed by atoms with van der Waals surface area (Å²) in [5.74, 6) is 0.761. The van der Waals surface area contributed by atoms with Gasteiger partial charge in [-0.2, -0.15) is 0 Å². The van der Waals surface area contributed by atoms with E-state index in [2.05, 4.69) is 10.5 Å². The minimum Gasteiger partial charge on any atom is -0.497 e. The average molecular weight is 349 g/mol. The first-order valence-electron chi connectivity index (χ1n) is 7.05. The number of benzene rings is 2. The van der Waals surface area contributed by atoms with Crippen LogP contribution in [0.5, 0.6) is 11.5 Å². The molecule has 6 nitrogen and oxygen atoms in total. The lowest BCUT2D eigenvalue weighted by atomic mass is 10.2. The number of oxime groups is 1. The highest BCUT2D eigenvalue weighted by molar-refractivity contribution is 6.30. The molecule has 126 valence electrons. The molecular weight excluding hydrogens is 332 g/mol. The van der Waals surface area contributed by atoms with Crippen LogP contribution in [0, 0.1) is 0 Å². The van der Waals surface area contributed by atoms with Crippen LogP contribution in [0.15, 0.2) is 47.6 Å². The Hall–Kier alpha value is -2.73. The van der Waals surface area contributed by atoms with E-state index < -0.39 is 0 Å². The Morgan fingerprint density at radius 3 is 2.58 bits per heavy atom. The minimum absolute atomic E-state index is 0.232. The Morgan fingerprint density at radius 1 is 1.17 bits per heavy atom. The second-order valence-corrected chi connectivity index (χ2v) is 5.11. The van der Waals surface area contributed by atoms with Crippen molar-refractivity contribution in [2.24, 2.45) is 5.16 Å². The highest BCUT2D eigenvalue weighted by Gasteiger charge is 2.09. The first-order chi connectivity index (χ1) is 11.6. The molecule has 0 heterocycles. The zero-order valence-corrected chi connectivity index (χ0v) is 14.0. The van der Waals surface area contributed by atoms with E-state index in [4.69, 9.17) is 25.9 Å². The Kier molecular flexibility index (Phi) is 6.45. The van der Waals surface area contributed by atoms with Gasteiger partial charge < -0.3 is 19.6 Å². The molecule has 0 saturated carbocycles. The number of ether oxygens (including phenoxy) is 2. The van der Waals surface area contributed by atoms with Gasteiger partial charge in [-0.05, 0) is 29.8 Å². The SMILES string of the molecule is COc1ccc(OC)c(NC(=O)CO/N=C\c2ccc(Cl)cc2)c1. The van der Waals surface area contributed by atoms with Crippen molar-refractivity contribution < 1.29 is 19.1 Å². The summed E-state index contributed by atoms with van der Waals surface area (Å²) in [4.78, 5) is 16.9. The third-order valence-electron chi connectivity index (χ3n) is 3.02. The molecule has 2 rings (SSSR count). The van der Waals surface area contributed by atoms with Crippen LogP contribution in [0.1, 0.15) is 5.56 Å². The van der Waals surface area contributed by atoms with Crippen molar-refractivity contribution in [2.75, 3.05) is 26.1 Å². The number of anilines is 1. The van der Waals surface area contributed by atoms with Gasteiger partial charge in [-0.25, -0.2) is 0 Å². The van der Waals surface area contributed by atoms with E-state index in [0.717, 1.165) is 5.56 Å². The van der Waals surface area contributed by atoms with E-state index in [1.807, 2.05) is 0 Å². The normalized spacial score (nSPS) is 10.5. The first-order valence-corrected chi connectivity index (χ1v) is 7.43. The van der Waals surface area contributed by atoms with Gasteiger partial charge in [0.25, 0.3) is 5.91 Å². The lowest BCUT2D eigenvalue weighted by molar-refractivity contribution is -0.120. The molecule has 0 spiro atoms. The number of amides is 1. The predicted octanol–water partition coefficient (Wildman–Crippen LogP) is 3.35. The molecule has 0 radical (unpaired) electrons. The Balaban J connectivity index is 1.88. The van der Waals surface area contributed by atoms with Gasteiger partial charge in [0.1, 0.15) is 11.5 Å². The van der Waals surface area contributed by atoms with E-state index >= 15 is 0 Å². The molecule has 0 atom stereocenters. The Labute approximate surface area is 145 Å². The monoisotopic (exact) mass is 348 g/mol. The molecule has 0 bridgehead atoms.